The summed E-state index contributed by atoms with van der Waals surface area (Å²) in [6.07, 6.45) is 11.4. The highest BCUT2D eigenvalue weighted by Gasteiger charge is 2.37. The van der Waals surface area contributed by atoms with Gasteiger partial charge in [0.2, 0.25) is 11.8 Å². The van der Waals surface area contributed by atoms with Crippen molar-refractivity contribution < 1.29 is 14.1 Å². The van der Waals surface area contributed by atoms with Crippen molar-refractivity contribution in [3.05, 3.63) is 11.7 Å². The van der Waals surface area contributed by atoms with E-state index in [4.69, 9.17) is 9.26 Å². The summed E-state index contributed by atoms with van der Waals surface area (Å²) in [6, 6.07) is 0.426. The number of nitrogens with zero attached hydrogens (tertiary/aromatic N) is 4. The van der Waals surface area contributed by atoms with Gasteiger partial charge in [-0.05, 0) is 70.4 Å². The van der Waals surface area contributed by atoms with Crippen LogP contribution in [0.5, 0.6) is 0 Å². The molecule has 5 rings (SSSR count). The minimum Gasteiger partial charge on any atom is -0.381 e. The van der Waals surface area contributed by atoms with Crippen LogP contribution < -0.4 is 0 Å². The third-order valence-corrected chi connectivity index (χ3v) is 7.61. The van der Waals surface area contributed by atoms with Crippen LogP contribution in [0, 0.1) is 11.8 Å². The lowest BCUT2D eigenvalue weighted by Gasteiger charge is -2.42. The molecule has 4 aliphatic rings. The van der Waals surface area contributed by atoms with Gasteiger partial charge >= 0.3 is 0 Å². The molecule has 3 aliphatic heterocycles. The summed E-state index contributed by atoms with van der Waals surface area (Å²) in [5.41, 5.74) is 0. The first-order valence-electron chi connectivity index (χ1n) is 12.2. The molecule has 1 atom stereocenters. The van der Waals surface area contributed by atoms with Gasteiger partial charge in [0.25, 0.3) is 0 Å². The monoisotopic (exact) mass is 416 g/mol. The Bertz CT molecular complexity index is 705. The molecule has 1 saturated carbocycles. The fourth-order valence-corrected chi connectivity index (χ4v) is 5.60. The van der Waals surface area contributed by atoms with Gasteiger partial charge in [0, 0.05) is 37.6 Å². The van der Waals surface area contributed by atoms with Crippen LogP contribution in [0.1, 0.15) is 81.8 Å². The summed E-state index contributed by atoms with van der Waals surface area (Å²) in [5, 5.41) is 4.15. The molecule has 1 aliphatic carbocycles. The average Bonchev–Trinajstić information content (AvgIpc) is 3.58. The highest BCUT2D eigenvalue weighted by Crippen LogP contribution is 2.38. The molecule has 0 bridgehead atoms. The number of hydrogen-bond donors (Lipinski definition) is 0. The van der Waals surface area contributed by atoms with Gasteiger partial charge in [-0.1, -0.05) is 18.0 Å². The number of rotatable bonds is 5. The molecule has 0 spiro atoms. The Morgan fingerprint density at radius 2 is 1.73 bits per heavy atom. The van der Waals surface area contributed by atoms with Gasteiger partial charge in [-0.3, -0.25) is 9.69 Å². The van der Waals surface area contributed by atoms with E-state index in [1.54, 1.807) is 0 Å². The van der Waals surface area contributed by atoms with Crippen molar-refractivity contribution in [2.75, 3.05) is 32.8 Å². The van der Waals surface area contributed by atoms with Crippen LogP contribution in [0.25, 0.3) is 0 Å². The second kappa shape index (κ2) is 9.35. The zero-order valence-electron chi connectivity index (χ0n) is 18.1. The average molecular weight is 417 g/mol. The summed E-state index contributed by atoms with van der Waals surface area (Å²) in [5.74, 6) is 3.42. The zero-order valence-corrected chi connectivity index (χ0v) is 18.1. The van der Waals surface area contributed by atoms with Crippen molar-refractivity contribution in [3.8, 4) is 0 Å². The van der Waals surface area contributed by atoms with Crippen molar-refractivity contribution >= 4 is 5.91 Å². The summed E-state index contributed by atoms with van der Waals surface area (Å²) in [6.45, 7) is 5.31. The fraction of sp³-hybridized carbons (Fsp3) is 0.870. The van der Waals surface area contributed by atoms with E-state index < -0.39 is 0 Å². The normalized spacial score (nSPS) is 27.9. The number of ether oxygens (including phenoxy) is 1. The van der Waals surface area contributed by atoms with E-state index >= 15 is 0 Å². The number of piperidine rings is 1. The van der Waals surface area contributed by atoms with Crippen LogP contribution in [-0.4, -0.2) is 64.7 Å². The van der Waals surface area contributed by atoms with Gasteiger partial charge in [0.05, 0.1) is 6.54 Å². The predicted molar refractivity (Wildman–Crippen MR) is 112 cm³/mol. The summed E-state index contributed by atoms with van der Waals surface area (Å²) in [7, 11) is 0. The topological polar surface area (TPSA) is 71.7 Å². The maximum atomic E-state index is 13.4. The van der Waals surface area contributed by atoms with Crippen molar-refractivity contribution in [2.24, 2.45) is 11.8 Å². The van der Waals surface area contributed by atoms with Crippen LogP contribution in [0.2, 0.25) is 0 Å². The molecule has 1 aromatic rings. The highest BCUT2D eigenvalue weighted by atomic mass is 16.5. The molecular formula is C23H36N4O3. The summed E-state index contributed by atoms with van der Waals surface area (Å²) < 4.78 is 11.0. The lowest BCUT2D eigenvalue weighted by atomic mass is 9.85. The van der Waals surface area contributed by atoms with E-state index in [1.807, 2.05) is 0 Å². The highest BCUT2D eigenvalue weighted by molar-refractivity contribution is 5.79. The Balaban J connectivity index is 1.17. The number of hydrogen-bond acceptors (Lipinski definition) is 6. The largest absolute Gasteiger partial charge is 0.381 e. The van der Waals surface area contributed by atoms with Gasteiger partial charge in [-0.15, -0.1) is 0 Å². The van der Waals surface area contributed by atoms with Crippen LogP contribution in [0.15, 0.2) is 4.52 Å². The minimum atomic E-state index is 0.178. The van der Waals surface area contributed by atoms with Crippen LogP contribution in [0.4, 0.5) is 0 Å². The third kappa shape index (κ3) is 4.72. The maximum Gasteiger partial charge on any atom is 0.240 e. The second-order valence-corrected chi connectivity index (χ2v) is 9.77. The summed E-state index contributed by atoms with van der Waals surface area (Å²) >= 11 is 0. The van der Waals surface area contributed by atoms with Gasteiger partial charge < -0.3 is 14.2 Å². The second-order valence-electron chi connectivity index (χ2n) is 9.77. The van der Waals surface area contributed by atoms with Crippen LogP contribution in [0.3, 0.4) is 0 Å². The van der Waals surface area contributed by atoms with Crippen molar-refractivity contribution in [1.82, 2.24) is 19.9 Å². The molecule has 4 heterocycles. The van der Waals surface area contributed by atoms with Crippen LogP contribution in [-0.2, 0) is 16.1 Å². The van der Waals surface area contributed by atoms with E-state index in [1.165, 1.54) is 32.1 Å². The first-order chi connectivity index (χ1) is 14.8. The van der Waals surface area contributed by atoms with Crippen molar-refractivity contribution in [2.45, 2.75) is 82.7 Å². The number of likely N-dealkylation sites (tertiary alicyclic amines) is 2. The molecule has 166 valence electrons. The van der Waals surface area contributed by atoms with Gasteiger partial charge in [-0.25, -0.2) is 0 Å². The molecule has 4 fully saturated rings. The Labute approximate surface area is 179 Å². The van der Waals surface area contributed by atoms with Crippen molar-refractivity contribution in [1.29, 1.82) is 0 Å². The molecule has 7 nitrogen and oxygen atoms in total. The predicted octanol–water partition coefficient (Wildman–Crippen LogP) is 3.36. The van der Waals surface area contributed by atoms with E-state index in [-0.39, 0.29) is 5.92 Å². The van der Waals surface area contributed by atoms with E-state index in [9.17, 15) is 4.79 Å². The lowest BCUT2D eigenvalue weighted by molar-refractivity contribution is -0.142. The standard InChI is InChI=1S/C23H36N4O3/c28-23(19-9-14-29-15-10-19)27-11-3-1-2-4-20(27)17-7-12-26(13-8-17)16-21-24-22(25-30-21)18-5-6-18/h17-20H,1-16H2. The van der Waals surface area contributed by atoms with Crippen LogP contribution >= 0.6 is 0 Å². The maximum absolute atomic E-state index is 13.4. The Kier molecular flexibility index (Phi) is 6.37. The van der Waals surface area contributed by atoms with Gasteiger partial charge in [0.15, 0.2) is 5.82 Å². The van der Waals surface area contributed by atoms with Gasteiger partial charge in [0.1, 0.15) is 0 Å². The lowest BCUT2D eigenvalue weighted by Crippen LogP contribution is -2.50. The molecule has 0 aromatic carbocycles. The van der Waals surface area contributed by atoms with E-state index in [0.717, 1.165) is 83.2 Å². The molecule has 30 heavy (non-hydrogen) atoms. The Morgan fingerprint density at radius 1 is 0.933 bits per heavy atom. The number of carbonyl (C=O) groups excluding carboxylic acids is 1. The van der Waals surface area contributed by atoms with Gasteiger partial charge in [-0.2, -0.15) is 4.98 Å². The molecular weight excluding hydrogens is 380 g/mol. The molecule has 7 heteroatoms. The number of amides is 1. The molecule has 1 unspecified atom stereocenters. The molecule has 3 saturated heterocycles. The van der Waals surface area contributed by atoms with Crippen molar-refractivity contribution in [3.63, 3.8) is 0 Å². The Morgan fingerprint density at radius 3 is 2.50 bits per heavy atom. The number of aromatic nitrogens is 2. The molecule has 1 aromatic heterocycles. The first-order valence-corrected chi connectivity index (χ1v) is 12.2. The minimum absolute atomic E-state index is 0.178. The summed E-state index contributed by atoms with van der Waals surface area (Å²) in [4.78, 5) is 22.7. The quantitative estimate of drug-likeness (QED) is 0.733. The zero-order chi connectivity index (χ0) is 20.3. The smallest absolute Gasteiger partial charge is 0.240 e. The molecule has 0 radical (unpaired) electrons. The van der Waals surface area contributed by atoms with E-state index in [0.29, 0.717) is 23.8 Å². The van der Waals surface area contributed by atoms with E-state index in [2.05, 4.69) is 19.9 Å². The molecule has 0 N–H and O–H groups in total. The SMILES string of the molecule is O=C(C1CCOCC1)N1CCCCCC1C1CCN(Cc2nc(C3CC3)no2)CC1. The third-order valence-electron chi connectivity index (χ3n) is 7.61. The molecule has 1 amide bonds. The number of carbonyl (C=O) groups is 1. The fourth-order valence-electron chi connectivity index (χ4n) is 5.60. The first kappa shape index (κ1) is 20.4. The Hall–Kier alpha value is -1.47.